The van der Waals surface area contributed by atoms with E-state index in [0.29, 0.717) is 34.4 Å². The predicted octanol–water partition coefficient (Wildman–Crippen LogP) is 3.08. The van der Waals surface area contributed by atoms with Crippen molar-refractivity contribution < 1.29 is 9.53 Å². The van der Waals surface area contributed by atoms with Crippen LogP contribution in [0.15, 0.2) is 42.7 Å². The van der Waals surface area contributed by atoms with E-state index in [4.69, 9.17) is 27.9 Å². The van der Waals surface area contributed by atoms with Gasteiger partial charge in [0.25, 0.3) is 0 Å². The van der Waals surface area contributed by atoms with E-state index in [1.165, 1.54) is 0 Å². The van der Waals surface area contributed by atoms with Crippen LogP contribution in [-0.4, -0.2) is 42.1 Å². The van der Waals surface area contributed by atoms with E-state index in [0.717, 1.165) is 13.1 Å². The summed E-state index contributed by atoms with van der Waals surface area (Å²) in [4.78, 5) is 18.3. The van der Waals surface area contributed by atoms with Crippen molar-refractivity contribution in [1.82, 2.24) is 20.5 Å². The van der Waals surface area contributed by atoms with E-state index in [2.05, 4.69) is 15.6 Å². The van der Waals surface area contributed by atoms with Crippen LogP contribution in [0.5, 0.6) is 5.75 Å². The van der Waals surface area contributed by atoms with Gasteiger partial charge in [-0.25, -0.2) is 4.79 Å². The highest BCUT2D eigenvalue weighted by Gasteiger charge is 2.25. The Morgan fingerprint density at radius 3 is 2.56 bits per heavy atom. The van der Waals surface area contributed by atoms with Crippen LogP contribution < -0.4 is 15.4 Å². The number of carbonyl (C=O) groups excluding carboxylic acids is 1. The van der Waals surface area contributed by atoms with Crippen LogP contribution in [0.25, 0.3) is 0 Å². The molecule has 2 N–H and O–H groups in total. The zero-order valence-corrected chi connectivity index (χ0v) is 14.9. The average molecular weight is 381 g/mol. The Morgan fingerprint density at radius 2 is 1.92 bits per heavy atom. The Balaban J connectivity index is 1.84. The van der Waals surface area contributed by atoms with Crippen molar-refractivity contribution in [2.24, 2.45) is 0 Å². The molecule has 1 fully saturated rings. The molecule has 6 nitrogen and oxygen atoms in total. The van der Waals surface area contributed by atoms with Gasteiger partial charge in [-0.2, -0.15) is 0 Å². The van der Waals surface area contributed by atoms with Gasteiger partial charge in [0.1, 0.15) is 5.75 Å². The molecule has 1 aromatic carbocycles. The summed E-state index contributed by atoms with van der Waals surface area (Å²) in [6.45, 7) is 2.77. The first kappa shape index (κ1) is 17.8. The summed E-state index contributed by atoms with van der Waals surface area (Å²) in [6.07, 6.45) is 2.38. The summed E-state index contributed by atoms with van der Waals surface area (Å²) < 4.78 is 5.92. The summed E-state index contributed by atoms with van der Waals surface area (Å²) >= 11 is 12.6. The number of aromatic nitrogens is 1. The minimum atomic E-state index is -0.826. The molecular weight excluding hydrogens is 363 g/mol. The molecule has 1 aliphatic rings. The summed E-state index contributed by atoms with van der Waals surface area (Å²) in [7, 11) is 0. The van der Waals surface area contributed by atoms with E-state index in [1.807, 2.05) is 0 Å². The molecule has 2 aromatic rings. The van der Waals surface area contributed by atoms with Gasteiger partial charge < -0.3 is 15.0 Å². The van der Waals surface area contributed by atoms with Gasteiger partial charge in [-0.1, -0.05) is 29.3 Å². The SMILES string of the molecule is O=C(NC(Oc1cccnc1)c1c(Cl)cccc1Cl)N1CCNCC1. The Kier molecular flexibility index (Phi) is 5.96. The average Bonchev–Trinajstić information content (AvgIpc) is 2.63. The predicted molar refractivity (Wildman–Crippen MR) is 97.0 cm³/mol. The molecule has 25 heavy (non-hydrogen) atoms. The van der Waals surface area contributed by atoms with Crippen molar-refractivity contribution in [3.63, 3.8) is 0 Å². The fraction of sp³-hybridized carbons (Fsp3) is 0.294. The second kappa shape index (κ2) is 8.38. The van der Waals surface area contributed by atoms with Crippen molar-refractivity contribution in [2.75, 3.05) is 26.2 Å². The monoisotopic (exact) mass is 380 g/mol. The molecule has 1 unspecified atom stereocenters. The number of hydrogen-bond acceptors (Lipinski definition) is 4. The molecule has 3 rings (SSSR count). The lowest BCUT2D eigenvalue weighted by atomic mass is 10.2. The lowest BCUT2D eigenvalue weighted by molar-refractivity contribution is 0.140. The molecule has 0 radical (unpaired) electrons. The number of piperazine rings is 1. The molecule has 0 saturated carbocycles. The molecule has 1 aromatic heterocycles. The fourth-order valence-corrected chi connectivity index (χ4v) is 3.14. The first-order chi connectivity index (χ1) is 12.1. The van der Waals surface area contributed by atoms with Crippen LogP contribution in [0, 0.1) is 0 Å². The third-order valence-corrected chi connectivity index (χ3v) is 4.47. The lowest BCUT2D eigenvalue weighted by Gasteiger charge is -2.30. The number of carbonyl (C=O) groups is 1. The molecular formula is C17H18Cl2N4O2. The number of halogens is 2. The smallest absolute Gasteiger partial charge is 0.320 e. The summed E-state index contributed by atoms with van der Waals surface area (Å²) in [5, 5.41) is 6.92. The minimum absolute atomic E-state index is 0.230. The first-order valence-corrected chi connectivity index (χ1v) is 8.67. The van der Waals surface area contributed by atoms with Gasteiger partial charge in [0.2, 0.25) is 6.23 Å². The van der Waals surface area contributed by atoms with Gasteiger partial charge in [0.15, 0.2) is 0 Å². The second-order valence-electron chi connectivity index (χ2n) is 5.51. The van der Waals surface area contributed by atoms with E-state index in [9.17, 15) is 4.79 Å². The van der Waals surface area contributed by atoms with Crippen LogP contribution in [0.1, 0.15) is 11.8 Å². The molecule has 0 aliphatic carbocycles. The molecule has 132 valence electrons. The van der Waals surface area contributed by atoms with Crippen LogP contribution in [0.3, 0.4) is 0 Å². The normalized spacial score (nSPS) is 15.5. The van der Waals surface area contributed by atoms with E-state index < -0.39 is 6.23 Å². The Hall–Kier alpha value is -2.02. The highest BCUT2D eigenvalue weighted by Crippen LogP contribution is 2.32. The minimum Gasteiger partial charge on any atom is -0.465 e. The topological polar surface area (TPSA) is 66.5 Å². The quantitative estimate of drug-likeness (QED) is 0.799. The van der Waals surface area contributed by atoms with Crippen molar-refractivity contribution in [3.8, 4) is 5.75 Å². The van der Waals surface area contributed by atoms with Crippen LogP contribution >= 0.6 is 23.2 Å². The maximum Gasteiger partial charge on any atom is 0.320 e. The number of rotatable bonds is 4. The van der Waals surface area contributed by atoms with Crippen LogP contribution in [0.2, 0.25) is 10.0 Å². The number of ether oxygens (including phenoxy) is 1. The summed E-state index contributed by atoms with van der Waals surface area (Å²) in [6, 6.07) is 8.43. The van der Waals surface area contributed by atoms with Crippen molar-refractivity contribution in [3.05, 3.63) is 58.3 Å². The summed E-state index contributed by atoms with van der Waals surface area (Å²) in [5.41, 5.74) is 0.512. The first-order valence-electron chi connectivity index (χ1n) is 7.92. The number of amides is 2. The Labute approximate surface area is 156 Å². The largest absolute Gasteiger partial charge is 0.465 e. The Morgan fingerprint density at radius 1 is 1.20 bits per heavy atom. The maximum absolute atomic E-state index is 12.6. The third-order valence-electron chi connectivity index (χ3n) is 3.81. The number of nitrogens with zero attached hydrogens (tertiary/aromatic N) is 2. The molecule has 1 saturated heterocycles. The van der Waals surface area contributed by atoms with Gasteiger partial charge in [0, 0.05) is 32.4 Å². The zero-order chi connectivity index (χ0) is 17.6. The standard InChI is InChI=1S/C17H18Cl2N4O2/c18-13-4-1-5-14(19)15(13)16(25-12-3-2-6-21-11-12)22-17(24)23-9-7-20-8-10-23/h1-6,11,16,20H,7-10H2,(H,22,24). The highest BCUT2D eigenvalue weighted by atomic mass is 35.5. The lowest BCUT2D eigenvalue weighted by Crippen LogP contribution is -2.51. The molecule has 1 atom stereocenters. The Bertz CT molecular complexity index is 704. The molecule has 0 bridgehead atoms. The third kappa shape index (κ3) is 4.54. The van der Waals surface area contributed by atoms with Gasteiger partial charge in [-0.3, -0.25) is 10.3 Å². The van der Waals surface area contributed by atoms with Gasteiger partial charge in [0.05, 0.1) is 21.8 Å². The van der Waals surface area contributed by atoms with Crippen molar-refractivity contribution in [1.29, 1.82) is 0 Å². The fourth-order valence-electron chi connectivity index (χ4n) is 2.55. The van der Waals surface area contributed by atoms with Crippen molar-refractivity contribution >= 4 is 29.2 Å². The van der Waals surface area contributed by atoms with Gasteiger partial charge in [-0.15, -0.1) is 0 Å². The van der Waals surface area contributed by atoms with E-state index in [-0.39, 0.29) is 6.03 Å². The molecule has 1 aliphatic heterocycles. The highest BCUT2D eigenvalue weighted by molar-refractivity contribution is 6.36. The second-order valence-corrected chi connectivity index (χ2v) is 6.32. The number of benzene rings is 1. The zero-order valence-electron chi connectivity index (χ0n) is 13.4. The van der Waals surface area contributed by atoms with E-state index in [1.54, 1.807) is 47.6 Å². The maximum atomic E-state index is 12.6. The molecule has 8 heteroatoms. The summed E-state index contributed by atoms with van der Waals surface area (Å²) in [5.74, 6) is 0.504. The molecule has 2 amide bonds. The van der Waals surface area contributed by atoms with Crippen LogP contribution in [-0.2, 0) is 0 Å². The van der Waals surface area contributed by atoms with Gasteiger partial charge >= 0.3 is 6.03 Å². The molecule has 2 heterocycles. The number of nitrogens with one attached hydrogen (secondary N) is 2. The molecule has 0 spiro atoms. The van der Waals surface area contributed by atoms with Crippen LogP contribution in [0.4, 0.5) is 4.79 Å². The number of urea groups is 1. The number of hydrogen-bond donors (Lipinski definition) is 2. The van der Waals surface area contributed by atoms with Gasteiger partial charge in [-0.05, 0) is 24.3 Å². The van der Waals surface area contributed by atoms with Crippen molar-refractivity contribution in [2.45, 2.75) is 6.23 Å². The van der Waals surface area contributed by atoms with E-state index >= 15 is 0 Å². The number of pyridine rings is 1.